The molecule has 1 heterocycles. The number of ether oxygens (including phenoxy) is 1. The molecular weight excluding hydrogens is 220 g/mol. The van der Waals surface area contributed by atoms with Crippen molar-refractivity contribution in [1.29, 1.82) is 0 Å². The summed E-state index contributed by atoms with van der Waals surface area (Å²) in [5.74, 6) is 0.0355. The summed E-state index contributed by atoms with van der Waals surface area (Å²) in [6.45, 7) is 0.329. The second kappa shape index (κ2) is 4.57. The minimum Gasteiger partial charge on any atom is -0.506 e. The van der Waals surface area contributed by atoms with Crippen LogP contribution in [-0.4, -0.2) is 23.7 Å². The lowest BCUT2D eigenvalue weighted by molar-refractivity contribution is 0.111. The lowest BCUT2D eigenvalue weighted by Gasteiger charge is -2.16. The average molecular weight is 234 g/mol. The summed E-state index contributed by atoms with van der Waals surface area (Å²) in [5, 5.41) is 10.4. The number of pyridine rings is 1. The Labute approximate surface area is 97.8 Å². The normalized spacial score (nSPS) is 12.8. The maximum Gasteiger partial charge on any atom is 0.248 e. The first kappa shape index (κ1) is 11.6. The van der Waals surface area contributed by atoms with Gasteiger partial charge in [0, 0.05) is 25.1 Å². The SMILES string of the molecule is CO[C@@H](CN)c1ccc(O)c2[nH]c(=O)ccc12. The molecule has 0 radical (unpaired) electrons. The number of aromatic nitrogens is 1. The van der Waals surface area contributed by atoms with Gasteiger partial charge in [-0.15, -0.1) is 0 Å². The van der Waals surface area contributed by atoms with E-state index in [1.807, 2.05) is 0 Å². The minimum atomic E-state index is -0.260. The van der Waals surface area contributed by atoms with Crippen molar-refractivity contribution in [2.24, 2.45) is 5.73 Å². The van der Waals surface area contributed by atoms with Gasteiger partial charge in [0.1, 0.15) is 5.75 Å². The molecule has 0 fully saturated rings. The number of phenols is 1. The molecule has 0 unspecified atom stereocenters. The van der Waals surface area contributed by atoms with Crippen LogP contribution in [0.5, 0.6) is 5.75 Å². The molecule has 2 aromatic rings. The summed E-state index contributed by atoms with van der Waals surface area (Å²) in [7, 11) is 1.57. The first-order valence-corrected chi connectivity index (χ1v) is 5.25. The molecule has 0 aliphatic heterocycles. The fourth-order valence-corrected chi connectivity index (χ4v) is 1.89. The minimum absolute atomic E-state index is 0.0355. The smallest absolute Gasteiger partial charge is 0.248 e. The van der Waals surface area contributed by atoms with Gasteiger partial charge in [0.25, 0.3) is 0 Å². The van der Waals surface area contributed by atoms with E-state index in [0.717, 1.165) is 10.9 Å². The predicted octanol–water partition coefficient (Wildman–Crippen LogP) is 0.880. The first-order valence-electron chi connectivity index (χ1n) is 5.25. The van der Waals surface area contributed by atoms with Crippen LogP contribution in [0.15, 0.2) is 29.1 Å². The van der Waals surface area contributed by atoms with E-state index in [-0.39, 0.29) is 17.4 Å². The number of benzene rings is 1. The van der Waals surface area contributed by atoms with Crippen LogP contribution < -0.4 is 11.3 Å². The predicted molar refractivity (Wildman–Crippen MR) is 65.0 cm³/mol. The third kappa shape index (κ3) is 2.02. The number of methoxy groups -OCH3 is 1. The van der Waals surface area contributed by atoms with Crippen LogP contribution in [0.4, 0.5) is 0 Å². The topological polar surface area (TPSA) is 88.3 Å². The zero-order valence-corrected chi connectivity index (χ0v) is 9.43. The molecule has 0 saturated carbocycles. The third-order valence-electron chi connectivity index (χ3n) is 2.75. The number of rotatable bonds is 3. The van der Waals surface area contributed by atoms with Crippen LogP contribution in [0.3, 0.4) is 0 Å². The summed E-state index contributed by atoms with van der Waals surface area (Å²) in [4.78, 5) is 13.8. The zero-order chi connectivity index (χ0) is 12.4. The zero-order valence-electron chi connectivity index (χ0n) is 9.43. The van der Waals surface area contributed by atoms with Crippen molar-refractivity contribution in [2.45, 2.75) is 6.10 Å². The van der Waals surface area contributed by atoms with Crippen LogP contribution in [0, 0.1) is 0 Å². The maximum absolute atomic E-state index is 11.2. The number of nitrogens with one attached hydrogen (secondary N) is 1. The second-order valence-corrected chi connectivity index (χ2v) is 3.75. The van der Waals surface area contributed by atoms with Crippen molar-refractivity contribution in [2.75, 3.05) is 13.7 Å². The van der Waals surface area contributed by atoms with Crippen LogP contribution in [-0.2, 0) is 4.74 Å². The lowest BCUT2D eigenvalue weighted by Crippen LogP contribution is -2.15. The Balaban J connectivity index is 2.74. The van der Waals surface area contributed by atoms with Crippen LogP contribution in [0.2, 0.25) is 0 Å². The van der Waals surface area contributed by atoms with Crippen LogP contribution >= 0.6 is 0 Å². The molecule has 0 aliphatic carbocycles. The Morgan fingerprint density at radius 2 is 2.18 bits per heavy atom. The molecule has 5 heteroatoms. The highest BCUT2D eigenvalue weighted by Gasteiger charge is 2.14. The van der Waals surface area contributed by atoms with Crippen molar-refractivity contribution >= 4 is 10.9 Å². The molecule has 1 aromatic carbocycles. The second-order valence-electron chi connectivity index (χ2n) is 3.75. The van der Waals surface area contributed by atoms with Gasteiger partial charge in [-0.2, -0.15) is 0 Å². The molecule has 0 spiro atoms. The molecule has 0 bridgehead atoms. The van der Waals surface area contributed by atoms with Crippen molar-refractivity contribution < 1.29 is 9.84 Å². The van der Waals surface area contributed by atoms with Crippen LogP contribution in [0.25, 0.3) is 10.9 Å². The Morgan fingerprint density at radius 3 is 2.82 bits per heavy atom. The Kier molecular flexibility index (Phi) is 3.12. The van der Waals surface area contributed by atoms with Gasteiger partial charge in [-0.1, -0.05) is 6.07 Å². The van der Waals surface area contributed by atoms with E-state index < -0.39 is 0 Å². The number of fused-ring (bicyclic) bond motifs is 1. The highest BCUT2D eigenvalue weighted by molar-refractivity contribution is 5.87. The fourth-order valence-electron chi connectivity index (χ4n) is 1.89. The van der Waals surface area contributed by atoms with E-state index in [9.17, 15) is 9.90 Å². The monoisotopic (exact) mass is 234 g/mol. The van der Waals surface area contributed by atoms with Crippen molar-refractivity contribution in [3.05, 3.63) is 40.2 Å². The summed E-state index contributed by atoms with van der Waals surface area (Å²) in [6, 6.07) is 6.34. The van der Waals surface area contributed by atoms with Crippen LogP contribution in [0.1, 0.15) is 11.7 Å². The summed E-state index contributed by atoms with van der Waals surface area (Å²) in [5.41, 5.74) is 6.61. The molecular formula is C12H14N2O3. The van der Waals surface area contributed by atoms with E-state index in [4.69, 9.17) is 10.5 Å². The van der Waals surface area contributed by atoms with E-state index in [1.165, 1.54) is 12.1 Å². The van der Waals surface area contributed by atoms with Gasteiger partial charge in [0.05, 0.1) is 11.6 Å². The molecule has 0 amide bonds. The lowest BCUT2D eigenvalue weighted by atomic mass is 10.0. The highest BCUT2D eigenvalue weighted by atomic mass is 16.5. The molecule has 1 atom stereocenters. The molecule has 0 saturated heterocycles. The van der Waals surface area contributed by atoms with E-state index in [0.29, 0.717) is 12.1 Å². The number of aromatic amines is 1. The largest absolute Gasteiger partial charge is 0.506 e. The van der Waals surface area contributed by atoms with Gasteiger partial charge in [-0.25, -0.2) is 0 Å². The van der Waals surface area contributed by atoms with Crippen molar-refractivity contribution in [1.82, 2.24) is 4.98 Å². The van der Waals surface area contributed by atoms with Gasteiger partial charge < -0.3 is 20.6 Å². The van der Waals surface area contributed by atoms with Gasteiger partial charge in [-0.3, -0.25) is 4.79 Å². The molecule has 4 N–H and O–H groups in total. The Bertz CT molecular complexity index is 588. The maximum atomic E-state index is 11.2. The van der Waals surface area contributed by atoms with Gasteiger partial charge in [-0.05, 0) is 17.7 Å². The van der Waals surface area contributed by atoms with E-state index in [1.54, 1.807) is 19.2 Å². The molecule has 17 heavy (non-hydrogen) atoms. The number of phenolic OH excluding ortho intramolecular Hbond substituents is 1. The Morgan fingerprint density at radius 1 is 1.41 bits per heavy atom. The quantitative estimate of drug-likeness (QED) is 0.735. The van der Waals surface area contributed by atoms with Crippen molar-refractivity contribution in [3.8, 4) is 5.75 Å². The molecule has 1 aromatic heterocycles. The van der Waals surface area contributed by atoms with Gasteiger partial charge in [0.2, 0.25) is 5.56 Å². The molecule has 90 valence electrons. The third-order valence-corrected chi connectivity index (χ3v) is 2.75. The fraction of sp³-hybridized carbons (Fsp3) is 0.250. The van der Waals surface area contributed by atoms with E-state index >= 15 is 0 Å². The molecule has 5 nitrogen and oxygen atoms in total. The van der Waals surface area contributed by atoms with Gasteiger partial charge in [0.15, 0.2) is 0 Å². The molecule has 0 aliphatic rings. The first-order chi connectivity index (χ1) is 8.17. The average Bonchev–Trinajstić information content (AvgIpc) is 2.34. The highest BCUT2D eigenvalue weighted by Crippen LogP contribution is 2.29. The number of hydrogen-bond donors (Lipinski definition) is 3. The van der Waals surface area contributed by atoms with E-state index in [2.05, 4.69) is 4.98 Å². The summed E-state index contributed by atoms with van der Waals surface area (Å²) in [6.07, 6.45) is -0.260. The number of H-pyrrole nitrogens is 1. The number of nitrogens with two attached hydrogens (primary N) is 1. The number of hydrogen-bond acceptors (Lipinski definition) is 4. The summed E-state index contributed by atoms with van der Waals surface area (Å²) >= 11 is 0. The molecule has 2 rings (SSSR count). The standard InChI is InChI=1S/C12H14N2O3/c1-17-10(6-13)7-2-4-9(15)12-8(7)3-5-11(16)14-12/h2-5,10,15H,6,13H2,1H3,(H,14,16)/t10-/m0/s1. The summed E-state index contributed by atoms with van der Waals surface area (Å²) < 4.78 is 5.27. The van der Waals surface area contributed by atoms with Gasteiger partial charge >= 0.3 is 0 Å². The Hall–Kier alpha value is -1.85. The number of aromatic hydroxyl groups is 1. The van der Waals surface area contributed by atoms with Crippen molar-refractivity contribution in [3.63, 3.8) is 0 Å².